The van der Waals surface area contributed by atoms with E-state index >= 15 is 0 Å². The highest BCUT2D eigenvalue weighted by Crippen LogP contribution is 2.29. The Labute approximate surface area is 187 Å². The lowest BCUT2D eigenvalue weighted by molar-refractivity contribution is 0.303. The molecule has 0 saturated heterocycles. The minimum Gasteiger partial charge on any atom is -0.493 e. The van der Waals surface area contributed by atoms with Crippen molar-refractivity contribution in [2.45, 2.75) is 65.2 Å². The summed E-state index contributed by atoms with van der Waals surface area (Å²) in [7, 11) is 0. The molecule has 1 nitrogen and oxygen atoms in total. The molecule has 0 bridgehead atoms. The predicted octanol–water partition coefficient (Wildman–Crippen LogP) is 8.85. The van der Waals surface area contributed by atoms with Crippen LogP contribution in [0.3, 0.4) is 0 Å². The van der Waals surface area contributed by atoms with Gasteiger partial charge in [-0.3, -0.25) is 0 Å². The van der Waals surface area contributed by atoms with E-state index in [-0.39, 0.29) is 5.82 Å². The fourth-order valence-electron chi connectivity index (χ4n) is 3.82. The summed E-state index contributed by atoms with van der Waals surface area (Å²) in [4.78, 5) is 0. The molecule has 2 heteroatoms. The zero-order valence-electron chi connectivity index (χ0n) is 19.0. The van der Waals surface area contributed by atoms with E-state index < -0.39 is 0 Å². The predicted molar refractivity (Wildman–Crippen MR) is 130 cm³/mol. The van der Waals surface area contributed by atoms with Crippen LogP contribution in [0.1, 0.15) is 64.4 Å². The highest BCUT2D eigenvalue weighted by Gasteiger charge is 2.08. The molecule has 0 spiro atoms. The minimum absolute atomic E-state index is 0.241. The first-order chi connectivity index (χ1) is 15.2. The molecule has 0 aliphatic heterocycles. The summed E-state index contributed by atoms with van der Waals surface area (Å²) in [6.45, 7) is 5.06. The molecule has 31 heavy (non-hydrogen) atoms. The van der Waals surface area contributed by atoms with Crippen molar-refractivity contribution in [1.82, 2.24) is 0 Å². The van der Waals surface area contributed by atoms with E-state index in [2.05, 4.69) is 50.2 Å². The SMILES string of the molecule is CCCCCCOc1ccc(-c2ccc(-c3ccc(CCCCC)cc3)cc2)c(F)c1. The molecular weight excluding hydrogens is 383 g/mol. The molecule has 0 unspecified atom stereocenters. The van der Waals surface area contributed by atoms with Crippen molar-refractivity contribution < 1.29 is 9.13 Å². The number of unbranched alkanes of at least 4 members (excludes halogenated alkanes) is 5. The van der Waals surface area contributed by atoms with Gasteiger partial charge in [0.2, 0.25) is 0 Å². The molecule has 164 valence electrons. The van der Waals surface area contributed by atoms with Crippen molar-refractivity contribution in [1.29, 1.82) is 0 Å². The van der Waals surface area contributed by atoms with Crippen LogP contribution in [0.15, 0.2) is 66.7 Å². The summed E-state index contributed by atoms with van der Waals surface area (Å²) >= 11 is 0. The van der Waals surface area contributed by atoms with Gasteiger partial charge < -0.3 is 4.74 Å². The first-order valence-electron chi connectivity index (χ1n) is 11.8. The van der Waals surface area contributed by atoms with Crippen LogP contribution in [-0.4, -0.2) is 6.61 Å². The van der Waals surface area contributed by atoms with Crippen LogP contribution in [0.25, 0.3) is 22.3 Å². The number of hydrogen-bond acceptors (Lipinski definition) is 1. The number of benzene rings is 3. The number of aryl methyl sites for hydroxylation is 1. The second-order valence-electron chi connectivity index (χ2n) is 8.28. The molecule has 0 radical (unpaired) electrons. The Balaban J connectivity index is 1.61. The quantitative estimate of drug-likeness (QED) is 0.267. The van der Waals surface area contributed by atoms with E-state index in [1.165, 1.54) is 49.3 Å². The van der Waals surface area contributed by atoms with Gasteiger partial charge in [0.25, 0.3) is 0 Å². The molecule has 0 amide bonds. The first-order valence-corrected chi connectivity index (χ1v) is 11.8. The van der Waals surface area contributed by atoms with Gasteiger partial charge in [-0.1, -0.05) is 94.5 Å². The lowest BCUT2D eigenvalue weighted by Crippen LogP contribution is -1.98. The van der Waals surface area contributed by atoms with Crippen molar-refractivity contribution in [2.75, 3.05) is 6.61 Å². The highest BCUT2D eigenvalue weighted by atomic mass is 19.1. The van der Waals surface area contributed by atoms with E-state index in [0.29, 0.717) is 17.9 Å². The van der Waals surface area contributed by atoms with Gasteiger partial charge in [-0.15, -0.1) is 0 Å². The summed E-state index contributed by atoms with van der Waals surface area (Å²) in [5.41, 5.74) is 5.22. The molecule has 3 aromatic carbocycles. The summed E-state index contributed by atoms with van der Waals surface area (Å²) in [5, 5.41) is 0. The monoisotopic (exact) mass is 418 g/mol. The smallest absolute Gasteiger partial charge is 0.134 e. The Morgan fingerprint density at radius 1 is 0.645 bits per heavy atom. The maximum absolute atomic E-state index is 14.7. The zero-order valence-corrected chi connectivity index (χ0v) is 19.0. The van der Waals surface area contributed by atoms with E-state index in [4.69, 9.17) is 4.74 Å². The maximum Gasteiger partial charge on any atom is 0.134 e. The second-order valence-corrected chi connectivity index (χ2v) is 8.28. The van der Waals surface area contributed by atoms with Crippen molar-refractivity contribution in [3.8, 4) is 28.0 Å². The molecule has 0 aliphatic carbocycles. The standard InChI is InChI=1S/C29H35FO/c1-3-5-7-9-21-31-27-19-20-28(29(30)22-27)26-17-15-25(16-18-26)24-13-11-23(12-14-24)10-8-6-4-2/h11-20,22H,3-10,21H2,1-2H3. The van der Waals surface area contributed by atoms with E-state index in [1.54, 1.807) is 0 Å². The third-order valence-corrected chi connectivity index (χ3v) is 5.76. The molecule has 0 atom stereocenters. The minimum atomic E-state index is -0.241. The Morgan fingerprint density at radius 2 is 1.26 bits per heavy atom. The fourth-order valence-corrected chi connectivity index (χ4v) is 3.82. The molecule has 0 heterocycles. The van der Waals surface area contributed by atoms with Crippen LogP contribution >= 0.6 is 0 Å². The van der Waals surface area contributed by atoms with Crippen molar-refractivity contribution in [2.24, 2.45) is 0 Å². The number of rotatable bonds is 12. The normalized spacial score (nSPS) is 10.9. The first kappa shape index (κ1) is 23.1. The summed E-state index contributed by atoms with van der Waals surface area (Å²) in [5.74, 6) is 0.364. The molecule has 0 aliphatic rings. The molecule has 0 aromatic heterocycles. The Morgan fingerprint density at radius 3 is 1.90 bits per heavy atom. The lowest BCUT2D eigenvalue weighted by atomic mass is 9.98. The summed E-state index contributed by atoms with van der Waals surface area (Å²) in [6, 6.07) is 22.1. The summed E-state index contributed by atoms with van der Waals surface area (Å²) in [6.07, 6.45) is 9.51. The fraction of sp³-hybridized carbons (Fsp3) is 0.379. The van der Waals surface area contributed by atoms with Crippen LogP contribution in [0.2, 0.25) is 0 Å². The average molecular weight is 419 g/mol. The molecule has 0 saturated carbocycles. The van der Waals surface area contributed by atoms with Crippen molar-refractivity contribution in [3.05, 3.63) is 78.1 Å². The number of hydrogen-bond donors (Lipinski definition) is 0. The van der Waals surface area contributed by atoms with Crippen LogP contribution < -0.4 is 4.74 Å². The van der Waals surface area contributed by atoms with Gasteiger partial charge >= 0.3 is 0 Å². The molecule has 3 rings (SSSR count). The highest BCUT2D eigenvalue weighted by molar-refractivity contribution is 5.71. The van der Waals surface area contributed by atoms with Crippen molar-refractivity contribution in [3.63, 3.8) is 0 Å². The van der Waals surface area contributed by atoms with E-state index in [1.807, 2.05) is 24.3 Å². The van der Waals surface area contributed by atoms with Crippen LogP contribution in [0.5, 0.6) is 5.75 Å². The van der Waals surface area contributed by atoms with Gasteiger partial charge in [0.1, 0.15) is 11.6 Å². The van der Waals surface area contributed by atoms with Gasteiger partial charge in [-0.05, 0) is 53.6 Å². The van der Waals surface area contributed by atoms with Gasteiger partial charge in [-0.25, -0.2) is 4.39 Å². The Bertz CT molecular complexity index is 912. The number of ether oxygens (including phenoxy) is 1. The zero-order chi connectivity index (χ0) is 21.9. The molecule has 0 fully saturated rings. The van der Waals surface area contributed by atoms with Crippen molar-refractivity contribution >= 4 is 0 Å². The second kappa shape index (κ2) is 12.3. The van der Waals surface area contributed by atoms with Gasteiger partial charge in [0.15, 0.2) is 0 Å². The van der Waals surface area contributed by atoms with Gasteiger partial charge in [-0.2, -0.15) is 0 Å². The third-order valence-electron chi connectivity index (χ3n) is 5.76. The van der Waals surface area contributed by atoms with Crippen LogP contribution in [0.4, 0.5) is 4.39 Å². The van der Waals surface area contributed by atoms with Gasteiger partial charge in [0, 0.05) is 11.6 Å². The lowest BCUT2D eigenvalue weighted by Gasteiger charge is -2.10. The maximum atomic E-state index is 14.7. The van der Waals surface area contributed by atoms with Crippen LogP contribution in [0, 0.1) is 5.82 Å². The van der Waals surface area contributed by atoms with E-state index in [9.17, 15) is 4.39 Å². The Kier molecular flexibility index (Phi) is 9.15. The topological polar surface area (TPSA) is 9.23 Å². The van der Waals surface area contributed by atoms with Crippen LogP contribution in [-0.2, 0) is 6.42 Å². The average Bonchev–Trinajstić information content (AvgIpc) is 2.80. The van der Waals surface area contributed by atoms with Gasteiger partial charge in [0.05, 0.1) is 6.61 Å². The number of halogens is 1. The Hall–Kier alpha value is -2.61. The largest absolute Gasteiger partial charge is 0.493 e. The molecule has 0 N–H and O–H groups in total. The molecular formula is C29H35FO. The summed E-state index contributed by atoms with van der Waals surface area (Å²) < 4.78 is 20.4. The molecule has 3 aromatic rings. The van der Waals surface area contributed by atoms with E-state index in [0.717, 1.165) is 30.4 Å². The third kappa shape index (κ3) is 6.95.